The van der Waals surface area contributed by atoms with Crippen LogP contribution in [0, 0.1) is 12.8 Å². The van der Waals surface area contributed by atoms with Crippen LogP contribution in [0.15, 0.2) is 12.3 Å². The van der Waals surface area contributed by atoms with Crippen molar-refractivity contribution in [1.82, 2.24) is 19.9 Å². The molecule has 5 rings (SSSR count). The molecule has 11 heteroatoms. The third-order valence-electron chi connectivity index (χ3n) is 6.75. The molecule has 10 nitrogen and oxygen atoms in total. The average Bonchev–Trinajstić information content (AvgIpc) is 3.52. The van der Waals surface area contributed by atoms with E-state index >= 15 is 0 Å². The number of nitrogens with zero attached hydrogens (tertiary/aromatic N) is 4. The van der Waals surface area contributed by atoms with Gasteiger partial charge in [0.15, 0.2) is 0 Å². The van der Waals surface area contributed by atoms with Crippen molar-refractivity contribution in [2.45, 2.75) is 63.3 Å². The molecule has 0 aliphatic heterocycles. The van der Waals surface area contributed by atoms with Crippen LogP contribution < -0.4 is 10.6 Å². The van der Waals surface area contributed by atoms with Crippen LogP contribution in [0.5, 0.6) is 0 Å². The number of fused-ring (bicyclic) bond motifs is 1. The molecule has 0 saturated heterocycles. The van der Waals surface area contributed by atoms with Crippen molar-refractivity contribution >= 4 is 33.3 Å². The SMILES string of the molecule is COC[C@@H](C)Nc1nc(C)c(-c2nc3c(C4CC4)nccc3s2)c(N[C@@H]2C[C@H](CO)[C@@H](O)[C@H]2O)n1. The van der Waals surface area contributed by atoms with Gasteiger partial charge in [-0.15, -0.1) is 11.3 Å². The van der Waals surface area contributed by atoms with Gasteiger partial charge in [-0.1, -0.05) is 0 Å². The van der Waals surface area contributed by atoms with Gasteiger partial charge in [-0.2, -0.15) is 4.98 Å². The van der Waals surface area contributed by atoms with Gasteiger partial charge in [-0.3, -0.25) is 4.98 Å². The zero-order valence-corrected chi connectivity index (χ0v) is 20.9. The van der Waals surface area contributed by atoms with Crippen molar-refractivity contribution in [1.29, 1.82) is 0 Å². The third-order valence-corrected chi connectivity index (χ3v) is 7.79. The topological polar surface area (TPSA) is 146 Å². The minimum atomic E-state index is -1.03. The first kappa shape index (κ1) is 24.3. The molecule has 2 aliphatic carbocycles. The number of aryl methyl sites for hydroxylation is 1. The first-order valence-corrected chi connectivity index (χ1v) is 12.8. The molecule has 2 saturated carbocycles. The molecule has 3 aromatic heterocycles. The highest BCUT2D eigenvalue weighted by Gasteiger charge is 2.41. The smallest absolute Gasteiger partial charge is 0.225 e. The molecule has 2 aliphatic rings. The third kappa shape index (κ3) is 4.83. The summed E-state index contributed by atoms with van der Waals surface area (Å²) in [5.41, 5.74) is 3.46. The Morgan fingerprint density at radius 3 is 2.69 bits per heavy atom. The summed E-state index contributed by atoms with van der Waals surface area (Å²) in [5, 5.41) is 38.0. The first-order valence-electron chi connectivity index (χ1n) is 12.0. The Bertz CT molecular complexity index is 1200. The molecule has 0 radical (unpaired) electrons. The summed E-state index contributed by atoms with van der Waals surface area (Å²) in [6.45, 7) is 4.19. The number of rotatable bonds is 9. The van der Waals surface area contributed by atoms with E-state index in [1.54, 1.807) is 18.4 Å². The number of aromatic nitrogens is 4. The van der Waals surface area contributed by atoms with Crippen molar-refractivity contribution in [3.05, 3.63) is 23.7 Å². The van der Waals surface area contributed by atoms with E-state index in [2.05, 4.69) is 15.6 Å². The molecule has 35 heavy (non-hydrogen) atoms. The number of pyridine rings is 1. The van der Waals surface area contributed by atoms with Crippen LogP contribution in [0.1, 0.15) is 43.5 Å². The predicted octanol–water partition coefficient (Wildman–Crippen LogP) is 2.30. The van der Waals surface area contributed by atoms with Crippen LogP contribution in [0.25, 0.3) is 20.8 Å². The molecule has 0 aromatic carbocycles. The van der Waals surface area contributed by atoms with Crippen molar-refractivity contribution in [2.24, 2.45) is 5.92 Å². The van der Waals surface area contributed by atoms with Gasteiger partial charge in [0.25, 0.3) is 0 Å². The van der Waals surface area contributed by atoms with Crippen LogP contribution in [0.4, 0.5) is 11.8 Å². The van der Waals surface area contributed by atoms with Gasteiger partial charge in [-0.05, 0) is 39.2 Å². The molecule has 188 valence electrons. The van der Waals surface area contributed by atoms with Gasteiger partial charge in [-0.25, -0.2) is 9.97 Å². The molecule has 0 bridgehead atoms. The fourth-order valence-corrected chi connectivity index (χ4v) is 5.84. The summed E-state index contributed by atoms with van der Waals surface area (Å²) in [7, 11) is 1.64. The Labute approximate surface area is 207 Å². The average molecular weight is 501 g/mol. The van der Waals surface area contributed by atoms with E-state index < -0.39 is 24.2 Å². The molecule has 0 amide bonds. The minimum absolute atomic E-state index is 0.00890. The number of hydrogen-bond acceptors (Lipinski definition) is 11. The summed E-state index contributed by atoms with van der Waals surface area (Å²) in [6.07, 6.45) is 2.51. The highest BCUT2D eigenvalue weighted by Crippen LogP contribution is 2.44. The summed E-state index contributed by atoms with van der Waals surface area (Å²) < 4.78 is 6.29. The molecule has 5 atom stereocenters. The van der Waals surface area contributed by atoms with Gasteiger partial charge in [0, 0.05) is 37.8 Å². The number of ether oxygens (including phenoxy) is 1. The van der Waals surface area contributed by atoms with E-state index in [4.69, 9.17) is 19.7 Å². The molecule has 2 fully saturated rings. The maximum absolute atomic E-state index is 10.6. The fourth-order valence-electron chi connectivity index (χ4n) is 4.77. The second-order valence-corrected chi connectivity index (χ2v) is 10.6. The number of thiazole rings is 1. The maximum atomic E-state index is 10.6. The van der Waals surface area contributed by atoms with Gasteiger partial charge in [0.05, 0.1) is 40.4 Å². The molecule has 0 spiro atoms. The van der Waals surface area contributed by atoms with Crippen LogP contribution in [0.3, 0.4) is 0 Å². The van der Waals surface area contributed by atoms with Gasteiger partial charge in [0.2, 0.25) is 5.95 Å². The van der Waals surface area contributed by atoms with E-state index in [0.29, 0.717) is 30.7 Å². The van der Waals surface area contributed by atoms with Gasteiger partial charge >= 0.3 is 0 Å². The Morgan fingerprint density at radius 1 is 1.20 bits per heavy atom. The number of hydrogen-bond donors (Lipinski definition) is 5. The molecular formula is C24H32N6O4S. The highest BCUT2D eigenvalue weighted by atomic mass is 32.1. The number of aliphatic hydroxyl groups excluding tert-OH is 3. The standard InChI is InChI=1S/C24H32N6O4S/c1-11(10-34-3)26-24-27-12(2)17(22(30-24)28-15-8-14(9-31)20(32)21(15)33)23-29-19-16(35-23)6-7-25-18(19)13-4-5-13/h6-7,11,13-15,20-21,31-33H,4-5,8-10H2,1-3H3,(H2,26,27,28,30)/t11-,14-,15-,20-,21+/m1/s1. The van der Waals surface area contributed by atoms with Crippen molar-refractivity contribution in [3.63, 3.8) is 0 Å². The van der Waals surface area contributed by atoms with E-state index in [1.165, 1.54) is 0 Å². The van der Waals surface area contributed by atoms with E-state index in [-0.39, 0.29) is 12.6 Å². The zero-order chi connectivity index (χ0) is 24.7. The number of anilines is 2. The van der Waals surface area contributed by atoms with Gasteiger partial charge < -0.3 is 30.7 Å². The predicted molar refractivity (Wildman–Crippen MR) is 135 cm³/mol. The lowest BCUT2D eigenvalue weighted by Gasteiger charge is -2.22. The van der Waals surface area contributed by atoms with E-state index in [0.717, 1.165) is 45.0 Å². The van der Waals surface area contributed by atoms with Crippen LogP contribution >= 0.6 is 11.3 Å². The Kier molecular flexibility index (Phi) is 6.86. The molecule has 3 heterocycles. The van der Waals surface area contributed by atoms with E-state index in [1.807, 2.05) is 26.1 Å². The Morgan fingerprint density at radius 2 is 2.00 bits per heavy atom. The summed E-state index contributed by atoms with van der Waals surface area (Å²) in [5.74, 6) is 1.04. The Hall–Kier alpha value is -2.44. The summed E-state index contributed by atoms with van der Waals surface area (Å²) in [6, 6.07) is 1.50. The van der Waals surface area contributed by atoms with Crippen molar-refractivity contribution < 1.29 is 20.1 Å². The summed E-state index contributed by atoms with van der Waals surface area (Å²) >= 11 is 1.57. The lowest BCUT2D eigenvalue weighted by Crippen LogP contribution is -2.36. The second-order valence-electron chi connectivity index (χ2n) is 9.60. The fraction of sp³-hybridized carbons (Fsp3) is 0.583. The minimum Gasteiger partial charge on any atom is -0.396 e. The molecule has 0 unspecified atom stereocenters. The quantitative estimate of drug-likeness (QED) is 0.297. The van der Waals surface area contributed by atoms with Gasteiger partial charge in [0.1, 0.15) is 22.4 Å². The molecule has 3 aromatic rings. The molecular weight excluding hydrogens is 468 g/mol. The normalized spacial score (nSPS) is 25.2. The van der Waals surface area contributed by atoms with Crippen LogP contribution in [-0.2, 0) is 4.74 Å². The number of methoxy groups -OCH3 is 1. The summed E-state index contributed by atoms with van der Waals surface area (Å²) in [4.78, 5) is 19.0. The number of aliphatic hydroxyl groups is 3. The first-order chi connectivity index (χ1) is 16.9. The molecule has 5 N–H and O–H groups in total. The zero-order valence-electron chi connectivity index (χ0n) is 20.1. The van der Waals surface area contributed by atoms with E-state index in [9.17, 15) is 15.3 Å². The van der Waals surface area contributed by atoms with Crippen LogP contribution in [-0.4, -0.2) is 79.9 Å². The van der Waals surface area contributed by atoms with Crippen molar-refractivity contribution in [2.75, 3.05) is 31.0 Å². The largest absolute Gasteiger partial charge is 0.396 e. The monoisotopic (exact) mass is 500 g/mol. The lowest BCUT2D eigenvalue weighted by atomic mass is 10.1. The maximum Gasteiger partial charge on any atom is 0.225 e. The van der Waals surface area contributed by atoms with Crippen molar-refractivity contribution in [3.8, 4) is 10.6 Å². The number of nitrogens with one attached hydrogen (secondary N) is 2. The second kappa shape index (κ2) is 9.90. The highest BCUT2D eigenvalue weighted by molar-refractivity contribution is 7.21. The van der Waals surface area contributed by atoms with Crippen LogP contribution in [0.2, 0.25) is 0 Å². The Balaban J connectivity index is 1.56. The lowest BCUT2D eigenvalue weighted by molar-refractivity contribution is 0.00446.